The van der Waals surface area contributed by atoms with E-state index in [1.807, 2.05) is 59.2 Å². The number of aromatic nitrogens is 3. The fourth-order valence-electron chi connectivity index (χ4n) is 3.02. The molecule has 1 aliphatic rings. The van der Waals surface area contributed by atoms with Crippen molar-refractivity contribution in [2.24, 2.45) is 0 Å². The second-order valence-electron chi connectivity index (χ2n) is 6.94. The van der Waals surface area contributed by atoms with Crippen molar-refractivity contribution >= 4 is 24.2 Å². The van der Waals surface area contributed by atoms with Gasteiger partial charge in [0.1, 0.15) is 12.4 Å². The molecular weight excluding hydrogens is 384 g/mol. The van der Waals surface area contributed by atoms with Crippen molar-refractivity contribution in [1.29, 1.82) is 0 Å². The Labute approximate surface area is 174 Å². The van der Waals surface area contributed by atoms with Crippen LogP contribution in [0.2, 0.25) is 0 Å². The number of aromatic amines is 1. The number of amides is 1. The van der Waals surface area contributed by atoms with Crippen LogP contribution in [-0.2, 0) is 17.9 Å². The molecule has 7 heteroatoms. The van der Waals surface area contributed by atoms with Gasteiger partial charge in [0, 0.05) is 12.1 Å². The molecule has 4 rings (SSSR count). The van der Waals surface area contributed by atoms with E-state index >= 15 is 0 Å². The number of nitrogens with one attached hydrogen (secondary N) is 2. The van der Waals surface area contributed by atoms with Crippen LogP contribution in [0.3, 0.4) is 0 Å². The minimum atomic E-state index is -0.183. The van der Waals surface area contributed by atoms with Crippen molar-refractivity contribution in [3.63, 3.8) is 0 Å². The van der Waals surface area contributed by atoms with E-state index in [4.69, 9.17) is 17.0 Å². The number of benzene rings is 2. The van der Waals surface area contributed by atoms with Gasteiger partial charge in [-0.15, -0.1) is 0 Å². The third-order valence-electron chi connectivity index (χ3n) is 4.64. The maximum absolute atomic E-state index is 12.2. The van der Waals surface area contributed by atoms with Crippen molar-refractivity contribution in [1.82, 2.24) is 20.1 Å². The zero-order valence-corrected chi connectivity index (χ0v) is 16.7. The van der Waals surface area contributed by atoms with E-state index in [-0.39, 0.29) is 5.91 Å². The summed E-state index contributed by atoms with van der Waals surface area (Å²) in [6, 6.07) is 18.1. The largest absolute Gasteiger partial charge is 0.489 e. The van der Waals surface area contributed by atoms with Crippen LogP contribution in [0.15, 0.2) is 60.7 Å². The van der Waals surface area contributed by atoms with E-state index in [1.165, 1.54) is 6.08 Å². The molecule has 0 atom stereocenters. The number of H-pyrrole nitrogens is 1. The summed E-state index contributed by atoms with van der Waals surface area (Å²) in [4.78, 5) is 12.2. The topological polar surface area (TPSA) is 71.9 Å². The first-order valence-corrected chi connectivity index (χ1v) is 9.98. The zero-order chi connectivity index (χ0) is 20.1. The van der Waals surface area contributed by atoms with Crippen LogP contribution in [0.25, 0.3) is 6.08 Å². The van der Waals surface area contributed by atoms with Gasteiger partial charge in [-0.3, -0.25) is 14.5 Å². The Bertz CT molecular complexity index is 1070. The number of ether oxygens (including phenoxy) is 1. The number of carbonyl (C=O) groups is 1. The minimum absolute atomic E-state index is 0.183. The van der Waals surface area contributed by atoms with E-state index in [2.05, 4.69) is 15.5 Å². The normalized spacial score (nSPS) is 13.5. The highest BCUT2D eigenvalue weighted by atomic mass is 32.1. The van der Waals surface area contributed by atoms with Crippen molar-refractivity contribution in [3.8, 4) is 5.75 Å². The van der Waals surface area contributed by atoms with E-state index in [9.17, 15) is 4.79 Å². The molecule has 1 aromatic heterocycles. The van der Waals surface area contributed by atoms with Crippen LogP contribution >= 0.6 is 12.2 Å². The quantitative estimate of drug-likeness (QED) is 0.435. The first-order chi connectivity index (χ1) is 14.2. The van der Waals surface area contributed by atoms with Gasteiger partial charge in [0.25, 0.3) is 0 Å². The van der Waals surface area contributed by atoms with Crippen LogP contribution < -0.4 is 10.1 Å². The molecule has 0 radical (unpaired) electrons. The zero-order valence-electron chi connectivity index (χ0n) is 15.9. The van der Waals surface area contributed by atoms with Crippen LogP contribution in [-0.4, -0.2) is 20.7 Å². The Hall–Kier alpha value is -3.19. The molecule has 2 N–H and O–H groups in total. The molecule has 1 amide bonds. The number of hydrogen-bond donors (Lipinski definition) is 2. The number of nitrogens with zero attached hydrogens (tertiary/aromatic N) is 2. The Balaban J connectivity index is 1.31. The molecule has 0 saturated heterocycles. The predicted molar refractivity (Wildman–Crippen MR) is 114 cm³/mol. The lowest BCUT2D eigenvalue weighted by Gasteiger charge is -2.07. The Kier molecular flexibility index (Phi) is 5.86. The lowest BCUT2D eigenvalue weighted by molar-refractivity contribution is -0.116. The first kappa shape index (κ1) is 19.1. The second kappa shape index (κ2) is 8.87. The molecule has 148 valence electrons. The highest BCUT2D eigenvalue weighted by molar-refractivity contribution is 7.71. The van der Waals surface area contributed by atoms with E-state index in [0.717, 1.165) is 35.5 Å². The summed E-state index contributed by atoms with van der Waals surface area (Å²) in [7, 11) is 0. The van der Waals surface area contributed by atoms with Crippen LogP contribution in [0.1, 0.15) is 35.8 Å². The van der Waals surface area contributed by atoms with Gasteiger partial charge >= 0.3 is 0 Å². The second-order valence-corrected chi connectivity index (χ2v) is 7.33. The van der Waals surface area contributed by atoms with Gasteiger partial charge in [0.2, 0.25) is 5.91 Å². The third kappa shape index (κ3) is 5.20. The number of hydrogen-bond acceptors (Lipinski definition) is 4. The van der Waals surface area contributed by atoms with Gasteiger partial charge in [-0.25, -0.2) is 0 Å². The predicted octanol–water partition coefficient (Wildman–Crippen LogP) is 4.18. The van der Waals surface area contributed by atoms with Gasteiger partial charge in [0.05, 0.1) is 6.54 Å². The van der Waals surface area contributed by atoms with Crippen molar-refractivity contribution < 1.29 is 9.53 Å². The fourth-order valence-corrected chi connectivity index (χ4v) is 3.32. The van der Waals surface area contributed by atoms with Crippen molar-refractivity contribution in [3.05, 3.63) is 82.4 Å². The van der Waals surface area contributed by atoms with Crippen LogP contribution in [0.4, 0.5) is 0 Å². The summed E-state index contributed by atoms with van der Waals surface area (Å²) < 4.78 is 8.43. The molecule has 1 aliphatic carbocycles. The molecule has 0 bridgehead atoms. The molecule has 1 fully saturated rings. The summed E-state index contributed by atoms with van der Waals surface area (Å²) in [5.74, 6) is 1.34. The molecule has 1 heterocycles. The minimum Gasteiger partial charge on any atom is -0.489 e. The highest BCUT2D eigenvalue weighted by Crippen LogP contribution is 2.35. The van der Waals surface area contributed by atoms with Crippen molar-refractivity contribution in [2.75, 3.05) is 0 Å². The maximum atomic E-state index is 12.2. The van der Waals surface area contributed by atoms with Gasteiger partial charge in [-0.2, -0.15) is 5.10 Å². The Morgan fingerprint density at radius 1 is 1.24 bits per heavy atom. The summed E-state index contributed by atoms with van der Waals surface area (Å²) >= 11 is 5.26. The number of carbonyl (C=O) groups excluding carboxylic acids is 1. The lowest BCUT2D eigenvalue weighted by Crippen LogP contribution is -2.22. The summed E-state index contributed by atoms with van der Waals surface area (Å²) in [5.41, 5.74) is 2.00. The van der Waals surface area contributed by atoms with E-state index in [1.54, 1.807) is 6.08 Å². The monoisotopic (exact) mass is 406 g/mol. The molecule has 0 aliphatic heterocycles. The first-order valence-electron chi connectivity index (χ1n) is 9.57. The summed E-state index contributed by atoms with van der Waals surface area (Å²) in [6.07, 6.45) is 5.50. The Morgan fingerprint density at radius 3 is 2.86 bits per heavy atom. The van der Waals surface area contributed by atoms with E-state index in [0.29, 0.717) is 24.0 Å². The fraction of sp³-hybridized carbons (Fsp3) is 0.227. The molecule has 0 unspecified atom stereocenters. The highest BCUT2D eigenvalue weighted by Gasteiger charge is 2.27. The lowest BCUT2D eigenvalue weighted by atomic mass is 10.2. The van der Waals surface area contributed by atoms with Gasteiger partial charge in [-0.05, 0) is 54.4 Å². The molecule has 29 heavy (non-hydrogen) atoms. The Morgan fingerprint density at radius 2 is 2.07 bits per heavy atom. The van der Waals surface area contributed by atoms with Crippen LogP contribution in [0, 0.1) is 4.77 Å². The summed E-state index contributed by atoms with van der Waals surface area (Å²) in [6.45, 7) is 0.844. The maximum Gasteiger partial charge on any atom is 0.244 e. The third-order valence-corrected chi connectivity index (χ3v) is 4.93. The molecule has 3 aromatic rings. The standard InChI is InChI=1S/C22H22N4O2S/c27-21(23-14-20-24-25-22(29)26(20)18-10-11-18)12-9-16-7-4-8-19(13-16)28-15-17-5-2-1-3-6-17/h1-9,12-13,18H,10-11,14-15H2,(H,23,27)(H,25,29)/b12-9+. The summed E-state index contributed by atoms with van der Waals surface area (Å²) in [5, 5.41) is 9.88. The van der Waals surface area contributed by atoms with Crippen molar-refractivity contribution in [2.45, 2.75) is 32.0 Å². The number of rotatable bonds is 8. The molecule has 1 saturated carbocycles. The molecule has 2 aromatic carbocycles. The molecule has 0 spiro atoms. The van der Waals surface area contributed by atoms with Gasteiger partial charge in [-0.1, -0.05) is 42.5 Å². The van der Waals surface area contributed by atoms with Crippen LogP contribution in [0.5, 0.6) is 5.75 Å². The SMILES string of the molecule is O=C(/C=C/c1cccc(OCc2ccccc2)c1)NCc1n[nH]c(=S)n1C1CC1. The average molecular weight is 407 g/mol. The van der Waals surface area contributed by atoms with Gasteiger partial charge < -0.3 is 10.1 Å². The average Bonchev–Trinajstić information content (AvgIpc) is 3.52. The van der Waals surface area contributed by atoms with Gasteiger partial charge in [0.15, 0.2) is 10.6 Å². The molecule has 6 nitrogen and oxygen atoms in total. The van der Waals surface area contributed by atoms with E-state index < -0.39 is 0 Å². The smallest absolute Gasteiger partial charge is 0.244 e. The molecular formula is C22H22N4O2S.